The summed E-state index contributed by atoms with van der Waals surface area (Å²) in [4.78, 5) is 44.1. The Morgan fingerprint density at radius 2 is 0.915 bits per heavy atom. The Balaban J connectivity index is 0.00000676. The molecule has 4 aliphatic heterocycles. The number of nitrogens with zero attached hydrogens (tertiary/aromatic N) is 6. The summed E-state index contributed by atoms with van der Waals surface area (Å²) in [6.45, 7) is 0.789. The smallest absolute Gasteiger partial charge is 0.652 e. The summed E-state index contributed by atoms with van der Waals surface area (Å²) in [6.07, 6.45) is 3.09. The Hall–Kier alpha value is -4.74. The van der Waals surface area contributed by atoms with Gasteiger partial charge in [-0.1, -0.05) is 72.2 Å². The van der Waals surface area contributed by atoms with Gasteiger partial charge in [0.05, 0.1) is 47.7 Å². The van der Waals surface area contributed by atoms with Crippen molar-refractivity contribution in [2.24, 2.45) is 0 Å². The van der Waals surface area contributed by atoms with E-state index in [0.29, 0.717) is 69.4 Å². The van der Waals surface area contributed by atoms with E-state index in [1.54, 1.807) is 60.7 Å². The van der Waals surface area contributed by atoms with Crippen molar-refractivity contribution in [1.82, 2.24) is 19.9 Å². The van der Waals surface area contributed by atoms with Gasteiger partial charge in [0.25, 0.3) is 11.4 Å². The summed E-state index contributed by atoms with van der Waals surface area (Å²) in [7, 11) is 60.5. The van der Waals surface area contributed by atoms with E-state index >= 15 is 0 Å². The topological polar surface area (TPSA) is 159 Å². The van der Waals surface area contributed by atoms with Crippen LogP contribution in [0.2, 0.25) is 24.3 Å². The molecule has 0 spiro atoms. The molecule has 0 amide bonds. The number of benzene rings is 2. The van der Waals surface area contributed by atoms with Crippen molar-refractivity contribution in [3.05, 3.63) is 116 Å². The van der Waals surface area contributed by atoms with Crippen molar-refractivity contribution in [3.63, 3.8) is 0 Å². The molecule has 2 fully saturated rings. The van der Waals surface area contributed by atoms with Gasteiger partial charge >= 0.3 is 17.1 Å². The first kappa shape index (κ1) is 52.6. The van der Waals surface area contributed by atoms with Crippen molar-refractivity contribution < 1.29 is 36.4 Å². The third kappa shape index (κ3) is 11.1. The monoisotopic (exact) mass is 945 g/mol. The Labute approximate surface area is 440 Å². The van der Waals surface area contributed by atoms with Gasteiger partial charge in [-0.2, -0.15) is 0 Å². The van der Waals surface area contributed by atoms with Gasteiger partial charge in [0.15, 0.2) is 0 Å². The van der Waals surface area contributed by atoms with E-state index in [-0.39, 0.29) is 88.5 Å². The molecule has 2 atom stereocenters. The van der Waals surface area contributed by atoms with Gasteiger partial charge < -0.3 is 19.4 Å². The zero-order valence-corrected chi connectivity index (χ0v) is 39.1. The maximum Gasteiger partial charge on any atom is 2.00 e. The van der Waals surface area contributed by atoms with E-state index in [1.807, 2.05) is 12.1 Å². The van der Waals surface area contributed by atoms with Crippen LogP contribution in [-0.2, 0) is 17.1 Å². The number of aromatic nitrogens is 4. The average Bonchev–Trinajstić information content (AvgIpc) is 3.80. The molecule has 315 valence electrons. The molecule has 0 aliphatic carbocycles. The molecule has 71 heavy (non-hydrogen) atoms. The Bertz CT molecular complexity index is 2890. The van der Waals surface area contributed by atoms with Crippen LogP contribution in [0.4, 0.5) is 11.4 Å². The first-order chi connectivity index (χ1) is 33.5. The molecule has 2 aromatic carbocycles. The molecular formula is C38H26B20CuN6O6. The molecule has 21 radical (unpaired) electrons. The number of fused-ring (bicyclic) bond motifs is 8. The number of ether oxygens (including phenoxy) is 2. The Morgan fingerprint density at radius 3 is 1.27 bits per heavy atom. The van der Waals surface area contributed by atoms with E-state index < -0.39 is 48.2 Å². The summed E-state index contributed by atoms with van der Waals surface area (Å²) >= 11 is 0. The Morgan fingerprint density at radius 1 is 0.549 bits per heavy atom. The quantitative estimate of drug-likeness (QED) is 0.0686. The van der Waals surface area contributed by atoms with Crippen molar-refractivity contribution >= 4 is 199 Å². The predicted molar refractivity (Wildman–Crippen MR) is 304 cm³/mol. The largest absolute Gasteiger partial charge is 2.00 e. The molecule has 8 bridgehead atoms. The van der Waals surface area contributed by atoms with Gasteiger partial charge in [-0.25, -0.2) is 9.97 Å². The minimum absolute atomic E-state index is 0. The zero-order chi connectivity index (χ0) is 49.7. The van der Waals surface area contributed by atoms with E-state index in [4.69, 9.17) is 107 Å². The molecule has 2 unspecified atom stereocenters. The summed E-state index contributed by atoms with van der Waals surface area (Å²) in [5.74, 6) is 1.21. The van der Waals surface area contributed by atoms with Crippen molar-refractivity contribution in [2.75, 3.05) is 13.2 Å². The van der Waals surface area contributed by atoms with E-state index in [9.17, 15) is 20.2 Å². The van der Waals surface area contributed by atoms with E-state index in [1.165, 1.54) is 24.3 Å². The summed E-state index contributed by atoms with van der Waals surface area (Å²) in [5, 5.41) is 26.0. The molecule has 12 nitrogen and oxygen atoms in total. The van der Waals surface area contributed by atoms with Crippen LogP contribution in [0, 0.1) is 20.2 Å². The van der Waals surface area contributed by atoms with Crippen LogP contribution in [0.3, 0.4) is 0 Å². The van der Waals surface area contributed by atoms with Gasteiger partial charge in [0.2, 0.25) is 0 Å². The second-order valence-corrected chi connectivity index (χ2v) is 18.4. The number of rotatable bonds is 18. The Kier molecular flexibility index (Phi) is 16.1. The molecule has 0 saturated carbocycles. The van der Waals surface area contributed by atoms with Crippen LogP contribution >= 0.6 is 0 Å². The van der Waals surface area contributed by atoms with Crippen LogP contribution in [-0.4, -0.2) is 175 Å². The number of hydrogen-bond acceptors (Lipinski definition) is 8. The molecule has 33 heteroatoms. The SMILES string of the molecule is [B]B([B])B([B])B(B([B])[B])B1CC1COc1cccc(-c2c3nc(c([N+](=O)[O-])c4ccc([n-]4)c(-c4cccc(OCC5CB5B(B([B])[B])B([B])B([B])[B])c4)c4nc(c([N+](=O)[O-])c5ccc2[n-]5)C=C4)C=C3)c1.[Cu+2]. The van der Waals surface area contributed by atoms with Gasteiger partial charge in [0, 0.05) is 128 Å². The number of nitro groups is 2. The van der Waals surface area contributed by atoms with Crippen LogP contribution in [0.15, 0.2) is 72.8 Å². The van der Waals surface area contributed by atoms with Crippen molar-refractivity contribution in [3.8, 4) is 33.8 Å². The van der Waals surface area contributed by atoms with E-state index in [2.05, 4.69) is 0 Å². The summed E-state index contributed by atoms with van der Waals surface area (Å²) in [5.41, 5.74) is 2.74. The summed E-state index contributed by atoms with van der Waals surface area (Å²) < 4.78 is 12.6. The molecule has 0 N–H and O–H groups in total. The predicted octanol–water partition coefficient (Wildman–Crippen LogP) is 0.814. The zero-order valence-electron chi connectivity index (χ0n) is 38.2. The third-order valence-electron chi connectivity index (χ3n) is 13.7. The summed E-state index contributed by atoms with van der Waals surface area (Å²) in [6, 6.07) is 20.7. The fourth-order valence-corrected chi connectivity index (χ4v) is 9.95. The van der Waals surface area contributed by atoms with Crippen molar-refractivity contribution in [2.45, 2.75) is 24.3 Å². The van der Waals surface area contributed by atoms with Crippen LogP contribution < -0.4 is 19.4 Å². The standard InChI is InChI=1S/C38H26B20N6O6.Cu/c39-51(40)55(47)57(53(43)44)49-17-23(49)19-69-25-5-1-3-21(15-25)35-27-7-11-31(59-27)37(63(65)66)33-13-9-29(61-33)36(30-10-14-34(62-30)38(64(67)68)32-12-8-28(35)60-32)22-4-2-6-26(16-22)70-20-24-18-50(24)58(54(45)46)56(48)52(41)42;/h1-16,23-24H,17-20H2;/q-2;+2. The minimum atomic E-state index is -0.787. The van der Waals surface area contributed by atoms with Crippen LogP contribution in [0.25, 0.3) is 68.6 Å². The normalized spacial score (nSPS) is 15.0. The first-order valence-corrected chi connectivity index (χ1v) is 22.9. The molecule has 3 aromatic heterocycles. The van der Waals surface area contributed by atoms with E-state index in [0.717, 1.165) is 12.6 Å². The van der Waals surface area contributed by atoms with Crippen molar-refractivity contribution in [1.29, 1.82) is 0 Å². The molecule has 5 aromatic rings. The molecule has 7 heterocycles. The average molecular weight is 942 g/mol. The van der Waals surface area contributed by atoms with Gasteiger partial charge in [-0.3, -0.25) is 20.2 Å². The molecule has 4 aliphatic rings. The second-order valence-electron chi connectivity index (χ2n) is 18.4. The second kappa shape index (κ2) is 21.8. The molecule has 2 saturated heterocycles. The maximum absolute atomic E-state index is 13.0. The maximum atomic E-state index is 13.0. The van der Waals surface area contributed by atoms with Crippen LogP contribution in [0.5, 0.6) is 11.5 Å². The fraction of sp³-hybridized carbons (Fsp3) is 0.158. The van der Waals surface area contributed by atoms with Gasteiger partial charge in [-0.05, 0) is 82.5 Å². The first-order valence-electron chi connectivity index (χ1n) is 22.9. The minimum Gasteiger partial charge on any atom is -0.652 e. The third-order valence-corrected chi connectivity index (χ3v) is 13.7. The molecule has 9 rings (SSSR count). The van der Waals surface area contributed by atoms with Gasteiger partial charge in [-0.15, -0.1) is 11.0 Å². The number of hydrogen-bond donors (Lipinski definition) is 0. The van der Waals surface area contributed by atoms with Gasteiger partial charge in [0.1, 0.15) is 22.9 Å². The fourth-order valence-electron chi connectivity index (χ4n) is 9.95. The van der Waals surface area contributed by atoms with Crippen LogP contribution in [0.1, 0.15) is 22.8 Å². The molecular weight excluding hydrogens is 916 g/mol.